The van der Waals surface area contributed by atoms with Gasteiger partial charge in [0.15, 0.2) is 0 Å². The van der Waals surface area contributed by atoms with E-state index in [2.05, 4.69) is 34.8 Å². The number of imidazole rings is 1. The van der Waals surface area contributed by atoms with Gasteiger partial charge in [-0.1, -0.05) is 40.2 Å². The van der Waals surface area contributed by atoms with Crippen LogP contribution in [0.25, 0.3) is 11.0 Å². The zero-order valence-electron chi connectivity index (χ0n) is 17.4. The Morgan fingerprint density at radius 1 is 1.17 bits per heavy atom. The minimum absolute atomic E-state index is 0.0481. The van der Waals surface area contributed by atoms with E-state index in [0.29, 0.717) is 12.8 Å². The van der Waals surface area contributed by atoms with E-state index in [9.17, 15) is 4.79 Å². The maximum absolute atomic E-state index is 13.2. The van der Waals surface area contributed by atoms with Crippen molar-refractivity contribution < 1.29 is 9.69 Å². The fourth-order valence-electron chi connectivity index (χ4n) is 3.90. The maximum atomic E-state index is 13.2. The first-order valence-corrected chi connectivity index (χ1v) is 11.3. The van der Waals surface area contributed by atoms with E-state index in [4.69, 9.17) is 10.1 Å². The number of aromatic amines is 1. The van der Waals surface area contributed by atoms with Crippen molar-refractivity contribution in [2.75, 3.05) is 19.6 Å². The van der Waals surface area contributed by atoms with E-state index in [0.717, 1.165) is 52.2 Å². The van der Waals surface area contributed by atoms with Crippen molar-refractivity contribution in [2.45, 2.75) is 32.7 Å². The minimum atomic E-state index is -0.213. The van der Waals surface area contributed by atoms with Crippen molar-refractivity contribution in [3.63, 3.8) is 0 Å². The lowest BCUT2D eigenvalue weighted by Crippen LogP contribution is -3.11. The smallest absolute Gasteiger partial charge is 0.249 e. The summed E-state index contributed by atoms with van der Waals surface area (Å²) in [6.07, 6.45) is 1.12. The minimum Gasteiger partial charge on any atom is -0.340 e. The third kappa shape index (κ3) is 4.32. The Labute approximate surface area is 185 Å². The molecule has 4 rings (SSSR count). The SMILES string of the molecule is CC[NH+](CC)CCC(=O)N1N=C(c2ccc(Br)cc2)C[C@@H]1c1nc2ccccc2[nH]1. The predicted molar refractivity (Wildman–Crippen MR) is 123 cm³/mol. The van der Waals surface area contributed by atoms with Crippen LogP contribution >= 0.6 is 15.9 Å². The highest BCUT2D eigenvalue weighted by atomic mass is 79.9. The summed E-state index contributed by atoms with van der Waals surface area (Å²) in [6, 6.07) is 15.8. The van der Waals surface area contributed by atoms with Crippen LogP contribution in [-0.2, 0) is 4.79 Å². The summed E-state index contributed by atoms with van der Waals surface area (Å²) in [4.78, 5) is 22.7. The molecule has 0 spiro atoms. The van der Waals surface area contributed by atoms with Gasteiger partial charge in [0, 0.05) is 10.9 Å². The molecule has 0 aliphatic carbocycles. The van der Waals surface area contributed by atoms with Gasteiger partial charge < -0.3 is 9.88 Å². The number of rotatable bonds is 7. The lowest BCUT2D eigenvalue weighted by Gasteiger charge is -2.21. The van der Waals surface area contributed by atoms with Gasteiger partial charge in [-0.05, 0) is 43.7 Å². The summed E-state index contributed by atoms with van der Waals surface area (Å²) in [7, 11) is 0. The molecule has 7 heteroatoms. The average Bonchev–Trinajstić information content (AvgIpc) is 3.39. The second kappa shape index (κ2) is 9.10. The van der Waals surface area contributed by atoms with Gasteiger partial charge >= 0.3 is 0 Å². The van der Waals surface area contributed by atoms with Gasteiger partial charge in [0.2, 0.25) is 5.91 Å². The largest absolute Gasteiger partial charge is 0.340 e. The molecule has 1 atom stereocenters. The summed E-state index contributed by atoms with van der Waals surface area (Å²) in [5.74, 6) is 0.836. The molecule has 2 heterocycles. The highest BCUT2D eigenvalue weighted by Gasteiger charge is 2.35. The van der Waals surface area contributed by atoms with E-state index >= 15 is 0 Å². The number of nitrogens with one attached hydrogen (secondary N) is 2. The summed E-state index contributed by atoms with van der Waals surface area (Å²) < 4.78 is 1.02. The standard InChI is InChI=1S/C23H26BrN5O/c1-3-28(4-2)14-13-22(30)29-21(23-25-18-7-5-6-8-19(18)26-23)15-20(27-29)16-9-11-17(24)12-10-16/h5-12,21H,3-4,13-15H2,1-2H3,(H,25,26)/p+1/t21-/m1/s1. The molecule has 0 saturated heterocycles. The number of quaternary nitrogens is 1. The third-order valence-electron chi connectivity index (χ3n) is 5.76. The van der Waals surface area contributed by atoms with Gasteiger partial charge in [-0.3, -0.25) is 4.79 Å². The molecule has 1 aromatic heterocycles. The highest BCUT2D eigenvalue weighted by Crippen LogP contribution is 2.33. The average molecular weight is 469 g/mol. The van der Waals surface area contributed by atoms with E-state index in [1.165, 1.54) is 4.90 Å². The van der Waals surface area contributed by atoms with Crippen LogP contribution in [0, 0.1) is 0 Å². The Balaban J connectivity index is 1.63. The number of para-hydroxylation sites is 2. The van der Waals surface area contributed by atoms with Crippen LogP contribution < -0.4 is 4.90 Å². The molecule has 0 bridgehead atoms. The molecule has 156 valence electrons. The summed E-state index contributed by atoms with van der Waals surface area (Å²) in [5, 5.41) is 6.41. The van der Waals surface area contributed by atoms with Crippen LogP contribution in [0.4, 0.5) is 0 Å². The molecular weight excluding hydrogens is 442 g/mol. The third-order valence-corrected chi connectivity index (χ3v) is 6.29. The quantitative estimate of drug-likeness (QED) is 0.558. The van der Waals surface area contributed by atoms with E-state index in [1.54, 1.807) is 5.01 Å². The number of hydrazone groups is 1. The van der Waals surface area contributed by atoms with Crippen molar-refractivity contribution in [3.05, 3.63) is 64.4 Å². The monoisotopic (exact) mass is 468 g/mol. The Morgan fingerprint density at radius 2 is 1.90 bits per heavy atom. The lowest BCUT2D eigenvalue weighted by atomic mass is 10.0. The number of hydrogen-bond acceptors (Lipinski definition) is 3. The molecule has 1 aliphatic heterocycles. The molecule has 30 heavy (non-hydrogen) atoms. The van der Waals surface area contributed by atoms with Gasteiger partial charge in [-0.25, -0.2) is 9.99 Å². The van der Waals surface area contributed by atoms with Crippen molar-refractivity contribution in [1.82, 2.24) is 15.0 Å². The number of hydrogen-bond donors (Lipinski definition) is 2. The van der Waals surface area contributed by atoms with Crippen molar-refractivity contribution >= 4 is 38.6 Å². The van der Waals surface area contributed by atoms with E-state index in [-0.39, 0.29) is 11.9 Å². The van der Waals surface area contributed by atoms with Crippen molar-refractivity contribution in [2.24, 2.45) is 5.10 Å². The Bertz CT molecular complexity index is 1020. The zero-order valence-corrected chi connectivity index (χ0v) is 18.9. The number of fused-ring (bicyclic) bond motifs is 1. The van der Waals surface area contributed by atoms with E-state index in [1.807, 2.05) is 48.5 Å². The lowest BCUT2D eigenvalue weighted by molar-refractivity contribution is -0.895. The number of carbonyl (C=O) groups is 1. The van der Waals surface area contributed by atoms with Crippen LogP contribution in [0.3, 0.4) is 0 Å². The molecular formula is C23H27BrN5O+. The second-order valence-electron chi connectivity index (χ2n) is 7.61. The van der Waals surface area contributed by atoms with E-state index < -0.39 is 0 Å². The molecule has 0 unspecified atom stereocenters. The first kappa shape index (κ1) is 20.8. The zero-order chi connectivity index (χ0) is 21.1. The number of amides is 1. The number of benzene rings is 2. The second-order valence-corrected chi connectivity index (χ2v) is 8.52. The molecule has 6 nitrogen and oxygen atoms in total. The number of aromatic nitrogens is 2. The van der Waals surface area contributed by atoms with Gasteiger partial charge in [0.05, 0.1) is 42.8 Å². The summed E-state index contributed by atoms with van der Waals surface area (Å²) in [5.41, 5.74) is 3.83. The van der Waals surface area contributed by atoms with Crippen LogP contribution in [0.15, 0.2) is 58.1 Å². The number of nitrogens with zero attached hydrogens (tertiary/aromatic N) is 3. The summed E-state index contributed by atoms with van der Waals surface area (Å²) >= 11 is 3.48. The van der Waals surface area contributed by atoms with Crippen LogP contribution in [0.2, 0.25) is 0 Å². The molecule has 1 amide bonds. The summed E-state index contributed by atoms with van der Waals surface area (Å²) in [6.45, 7) is 7.16. The van der Waals surface area contributed by atoms with Gasteiger partial charge in [0.1, 0.15) is 11.9 Å². The molecule has 1 aliphatic rings. The topological polar surface area (TPSA) is 65.8 Å². The molecule has 0 radical (unpaired) electrons. The Hall–Kier alpha value is -2.51. The van der Waals surface area contributed by atoms with Crippen LogP contribution in [0.1, 0.15) is 44.1 Å². The Kier molecular flexibility index (Phi) is 6.29. The normalized spacial score (nSPS) is 16.5. The maximum Gasteiger partial charge on any atom is 0.249 e. The number of halogens is 1. The van der Waals surface area contributed by atoms with Gasteiger partial charge in [0.25, 0.3) is 0 Å². The number of H-pyrrole nitrogens is 1. The van der Waals surface area contributed by atoms with Gasteiger partial charge in [-0.2, -0.15) is 5.10 Å². The predicted octanol–water partition coefficient (Wildman–Crippen LogP) is 3.32. The molecule has 3 aromatic rings. The molecule has 2 N–H and O–H groups in total. The highest BCUT2D eigenvalue weighted by molar-refractivity contribution is 9.10. The molecule has 0 saturated carbocycles. The van der Waals surface area contributed by atoms with Crippen molar-refractivity contribution in [3.8, 4) is 0 Å². The Morgan fingerprint density at radius 3 is 2.60 bits per heavy atom. The van der Waals surface area contributed by atoms with Crippen LogP contribution in [-0.4, -0.2) is 46.2 Å². The van der Waals surface area contributed by atoms with Crippen molar-refractivity contribution in [1.29, 1.82) is 0 Å². The molecule has 2 aromatic carbocycles. The van der Waals surface area contributed by atoms with Gasteiger partial charge in [-0.15, -0.1) is 0 Å². The molecule has 0 fully saturated rings. The fourth-order valence-corrected chi connectivity index (χ4v) is 4.17. The van der Waals surface area contributed by atoms with Crippen LogP contribution in [0.5, 0.6) is 0 Å². The first-order chi connectivity index (χ1) is 14.6. The fraction of sp³-hybridized carbons (Fsp3) is 0.348. The number of carbonyl (C=O) groups excluding carboxylic acids is 1. The first-order valence-electron chi connectivity index (χ1n) is 10.5.